The highest BCUT2D eigenvalue weighted by Gasteiger charge is 2.00. The van der Waals surface area contributed by atoms with Crippen LogP contribution in [0.1, 0.15) is 6.92 Å². The molecule has 2 N–H and O–H groups in total. The van der Waals surface area contributed by atoms with Gasteiger partial charge in [0.1, 0.15) is 0 Å². The zero-order chi connectivity index (χ0) is 8.15. The van der Waals surface area contributed by atoms with E-state index in [1.54, 1.807) is 0 Å². The van der Waals surface area contributed by atoms with Gasteiger partial charge in [0.2, 0.25) is 5.91 Å². The van der Waals surface area contributed by atoms with Crippen molar-refractivity contribution >= 4 is 5.91 Å². The number of carbonyl (C=O) groups is 1. The minimum atomic E-state index is -0.302. The Morgan fingerprint density at radius 3 is 2.40 bits per heavy atom. The number of hydrogen-bond donors (Lipinski definition) is 1. The number of nitrogens with two attached hydrogens (primary N) is 1. The van der Waals surface area contributed by atoms with Crippen molar-refractivity contribution in [2.75, 3.05) is 20.1 Å². The van der Waals surface area contributed by atoms with Gasteiger partial charge in [-0.05, 0) is 14.0 Å². The highest BCUT2D eigenvalue weighted by molar-refractivity contribution is 5.75. The van der Waals surface area contributed by atoms with Gasteiger partial charge in [-0.3, -0.25) is 9.69 Å². The van der Waals surface area contributed by atoms with Crippen LogP contribution in [-0.4, -0.2) is 30.9 Å². The second-order valence-corrected chi connectivity index (χ2v) is 2.60. The van der Waals surface area contributed by atoms with Crippen LogP contribution in [0.3, 0.4) is 0 Å². The molecule has 0 unspecified atom stereocenters. The van der Waals surface area contributed by atoms with Crippen LogP contribution in [0.15, 0.2) is 12.2 Å². The van der Waals surface area contributed by atoms with Crippen molar-refractivity contribution in [3.63, 3.8) is 0 Å². The van der Waals surface area contributed by atoms with Crippen molar-refractivity contribution < 1.29 is 4.79 Å². The summed E-state index contributed by atoms with van der Waals surface area (Å²) in [5.74, 6) is -0.302. The monoisotopic (exact) mass is 142 g/mol. The van der Waals surface area contributed by atoms with Crippen molar-refractivity contribution in [2.45, 2.75) is 6.92 Å². The molecule has 0 rings (SSSR count). The Labute approximate surface area is 61.5 Å². The summed E-state index contributed by atoms with van der Waals surface area (Å²) in [5.41, 5.74) is 5.99. The van der Waals surface area contributed by atoms with Crippen LogP contribution in [-0.2, 0) is 4.79 Å². The molecule has 0 heterocycles. The SMILES string of the molecule is C=C(C)CN(C)CC(N)=O. The maximum absolute atomic E-state index is 10.3. The lowest BCUT2D eigenvalue weighted by atomic mass is 10.3. The molecule has 0 radical (unpaired) electrons. The number of likely N-dealkylation sites (N-methyl/N-ethyl adjacent to an activating group) is 1. The number of carbonyl (C=O) groups excluding carboxylic acids is 1. The molecule has 0 fully saturated rings. The predicted molar refractivity (Wildman–Crippen MR) is 41.5 cm³/mol. The zero-order valence-electron chi connectivity index (χ0n) is 6.55. The van der Waals surface area contributed by atoms with E-state index in [1.165, 1.54) is 0 Å². The fourth-order valence-corrected chi connectivity index (χ4v) is 0.783. The second kappa shape index (κ2) is 4.06. The standard InChI is InChI=1S/C7H14N2O/c1-6(2)4-9(3)5-7(8)10/h1,4-5H2,2-3H3,(H2,8,10). The summed E-state index contributed by atoms with van der Waals surface area (Å²) in [4.78, 5) is 12.2. The molecule has 0 aliphatic heterocycles. The Kier molecular flexibility index (Phi) is 3.72. The summed E-state index contributed by atoms with van der Waals surface area (Å²) in [5, 5.41) is 0. The molecule has 1 amide bonds. The Balaban J connectivity index is 3.53. The molecular weight excluding hydrogens is 128 g/mol. The van der Waals surface area contributed by atoms with E-state index in [0.29, 0.717) is 6.54 Å². The van der Waals surface area contributed by atoms with E-state index >= 15 is 0 Å². The Morgan fingerprint density at radius 2 is 2.10 bits per heavy atom. The predicted octanol–water partition coefficient (Wildman–Crippen LogP) is -0.0204. The first kappa shape index (κ1) is 9.17. The topological polar surface area (TPSA) is 46.3 Å². The lowest BCUT2D eigenvalue weighted by Gasteiger charge is -2.13. The third-order valence-electron chi connectivity index (χ3n) is 0.966. The first-order chi connectivity index (χ1) is 4.52. The molecule has 0 saturated heterocycles. The molecule has 0 aromatic rings. The number of hydrogen-bond acceptors (Lipinski definition) is 2. The van der Waals surface area contributed by atoms with Gasteiger partial charge in [0.15, 0.2) is 0 Å². The minimum Gasteiger partial charge on any atom is -0.369 e. The van der Waals surface area contributed by atoms with Crippen LogP contribution in [0, 0.1) is 0 Å². The van der Waals surface area contributed by atoms with Crippen LogP contribution in [0.2, 0.25) is 0 Å². The average Bonchev–Trinajstić information content (AvgIpc) is 1.58. The number of nitrogens with zero attached hydrogens (tertiary/aromatic N) is 1. The summed E-state index contributed by atoms with van der Waals surface area (Å²) >= 11 is 0. The van der Waals surface area contributed by atoms with Crippen LogP contribution in [0.25, 0.3) is 0 Å². The van der Waals surface area contributed by atoms with E-state index in [9.17, 15) is 4.79 Å². The Hall–Kier alpha value is -0.830. The van der Waals surface area contributed by atoms with Crippen molar-refractivity contribution in [1.29, 1.82) is 0 Å². The van der Waals surface area contributed by atoms with E-state index in [0.717, 1.165) is 12.1 Å². The molecule has 0 aliphatic rings. The van der Waals surface area contributed by atoms with E-state index < -0.39 is 0 Å². The summed E-state index contributed by atoms with van der Waals surface area (Å²) in [6, 6.07) is 0. The van der Waals surface area contributed by atoms with Crippen LogP contribution in [0.4, 0.5) is 0 Å². The third-order valence-corrected chi connectivity index (χ3v) is 0.966. The fourth-order valence-electron chi connectivity index (χ4n) is 0.783. The normalized spacial score (nSPS) is 9.90. The Morgan fingerprint density at radius 1 is 1.60 bits per heavy atom. The first-order valence-corrected chi connectivity index (χ1v) is 3.13. The van der Waals surface area contributed by atoms with E-state index in [1.807, 2.05) is 18.9 Å². The smallest absolute Gasteiger partial charge is 0.231 e. The zero-order valence-corrected chi connectivity index (χ0v) is 6.55. The van der Waals surface area contributed by atoms with E-state index in [4.69, 9.17) is 5.73 Å². The molecule has 3 heteroatoms. The molecule has 0 atom stereocenters. The maximum Gasteiger partial charge on any atom is 0.231 e. The fraction of sp³-hybridized carbons (Fsp3) is 0.571. The third kappa shape index (κ3) is 5.31. The van der Waals surface area contributed by atoms with Crippen molar-refractivity contribution in [3.05, 3.63) is 12.2 Å². The minimum absolute atomic E-state index is 0.298. The van der Waals surface area contributed by atoms with E-state index in [-0.39, 0.29) is 5.91 Å². The molecule has 0 saturated carbocycles. The Bertz CT molecular complexity index is 127. The van der Waals surface area contributed by atoms with Gasteiger partial charge in [0.05, 0.1) is 6.54 Å². The average molecular weight is 142 g/mol. The quantitative estimate of drug-likeness (QED) is 0.561. The number of rotatable bonds is 4. The molecule has 3 nitrogen and oxygen atoms in total. The van der Waals surface area contributed by atoms with Gasteiger partial charge in [-0.1, -0.05) is 12.2 Å². The molecular formula is C7H14N2O. The molecule has 10 heavy (non-hydrogen) atoms. The second-order valence-electron chi connectivity index (χ2n) is 2.60. The summed E-state index contributed by atoms with van der Waals surface area (Å²) in [7, 11) is 1.83. The summed E-state index contributed by atoms with van der Waals surface area (Å²) in [6.45, 7) is 6.65. The van der Waals surface area contributed by atoms with Crippen LogP contribution in [0.5, 0.6) is 0 Å². The van der Waals surface area contributed by atoms with Gasteiger partial charge in [-0.25, -0.2) is 0 Å². The van der Waals surface area contributed by atoms with Gasteiger partial charge in [-0.2, -0.15) is 0 Å². The molecule has 58 valence electrons. The van der Waals surface area contributed by atoms with Gasteiger partial charge < -0.3 is 5.73 Å². The summed E-state index contributed by atoms with van der Waals surface area (Å²) < 4.78 is 0. The van der Waals surface area contributed by atoms with E-state index in [2.05, 4.69) is 6.58 Å². The largest absolute Gasteiger partial charge is 0.369 e. The lowest BCUT2D eigenvalue weighted by molar-refractivity contribution is -0.118. The molecule has 0 spiro atoms. The van der Waals surface area contributed by atoms with Crippen molar-refractivity contribution in [3.8, 4) is 0 Å². The van der Waals surface area contributed by atoms with Crippen LogP contribution >= 0.6 is 0 Å². The van der Waals surface area contributed by atoms with Gasteiger partial charge in [0, 0.05) is 6.54 Å². The van der Waals surface area contributed by atoms with Crippen molar-refractivity contribution in [2.24, 2.45) is 5.73 Å². The molecule has 0 bridgehead atoms. The highest BCUT2D eigenvalue weighted by atomic mass is 16.1. The van der Waals surface area contributed by atoms with Crippen LogP contribution < -0.4 is 5.73 Å². The van der Waals surface area contributed by atoms with Gasteiger partial charge >= 0.3 is 0 Å². The molecule has 0 aliphatic carbocycles. The molecule has 0 aromatic carbocycles. The van der Waals surface area contributed by atoms with Gasteiger partial charge in [-0.15, -0.1) is 0 Å². The molecule has 0 aromatic heterocycles. The van der Waals surface area contributed by atoms with Crippen molar-refractivity contribution in [1.82, 2.24) is 4.90 Å². The maximum atomic E-state index is 10.3. The number of primary amides is 1. The van der Waals surface area contributed by atoms with Gasteiger partial charge in [0.25, 0.3) is 0 Å². The summed E-state index contributed by atoms with van der Waals surface area (Å²) in [6.07, 6.45) is 0. The first-order valence-electron chi connectivity index (χ1n) is 3.13. The highest BCUT2D eigenvalue weighted by Crippen LogP contribution is 1.90. The lowest BCUT2D eigenvalue weighted by Crippen LogP contribution is -2.31. The number of amides is 1.